The molecule has 6 heteroatoms. The Morgan fingerprint density at radius 1 is 0.970 bits per heavy atom. The lowest BCUT2D eigenvalue weighted by molar-refractivity contribution is -0.149. The van der Waals surface area contributed by atoms with E-state index in [2.05, 4.69) is 5.32 Å². The molecule has 0 bridgehead atoms. The third-order valence-electron chi connectivity index (χ3n) is 5.92. The van der Waals surface area contributed by atoms with E-state index in [4.69, 9.17) is 9.47 Å². The van der Waals surface area contributed by atoms with E-state index in [0.29, 0.717) is 37.1 Å². The summed E-state index contributed by atoms with van der Waals surface area (Å²) in [4.78, 5) is 36.5. The van der Waals surface area contributed by atoms with E-state index >= 15 is 0 Å². The Bertz CT molecular complexity index is 945. The molecule has 1 aliphatic rings. The van der Waals surface area contributed by atoms with E-state index in [9.17, 15) is 14.4 Å². The van der Waals surface area contributed by atoms with Crippen LogP contribution in [0.4, 0.5) is 0 Å². The lowest BCUT2D eigenvalue weighted by Gasteiger charge is -2.27. The molecule has 1 N–H and O–H groups in total. The van der Waals surface area contributed by atoms with Crippen molar-refractivity contribution in [2.45, 2.75) is 58.5 Å². The van der Waals surface area contributed by atoms with Crippen molar-refractivity contribution >= 4 is 17.7 Å². The highest BCUT2D eigenvalue weighted by atomic mass is 16.5. The molecule has 6 nitrogen and oxygen atoms in total. The molecule has 0 aromatic heterocycles. The number of amides is 1. The third-order valence-corrected chi connectivity index (χ3v) is 5.92. The van der Waals surface area contributed by atoms with Crippen molar-refractivity contribution in [2.75, 3.05) is 13.2 Å². The Labute approximate surface area is 195 Å². The standard InChI is InChI=1S/C27H33NO5/c1-3-32-27(31)21-11-15-24(16-12-21)33-23-13-9-20(10-14-23)25(29)8-5-17-28-26(30)22-7-4-6-19(2)18-22/h4,6-7,9-10,13-14,18,21,24H,3,5,8,11-12,15-17H2,1-2H3,(H,28,30). The molecular formula is C27H33NO5. The van der Waals surface area contributed by atoms with E-state index in [-0.39, 0.29) is 29.7 Å². The minimum atomic E-state index is -0.121. The second-order valence-corrected chi connectivity index (χ2v) is 8.52. The van der Waals surface area contributed by atoms with Gasteiger partial charge in [-0.25, -0.2) is 0 Å². The maximum absolute atomic E-state index is 12.5. The summed E-state index contributed by atoms with van der Waals surface area (Å²) >= 11 is 0. The van der Waals surface area contributed by atoms with Crippen LogP contribution in [0.1, 0.15) is 71.7 Å². The van der Waals surface area contributed by atoms with Gasteiger partial charge in [-0.05, 0) is 82.3 Å². The van der Waals surface area contributed by atoms with Crippen LogP contribution in [-0.4, -0.2) is 36.9 Å². The van der Waals surface area contributed by atoms with Crippen molar-refractivity contribution in [1.29, 1.82) is 0 Å². The SMILES string of the molecule is CCOC(=O)C1CCC(Oc2ccc(C(=O)CCCNC(=O)c3cccc(C)c3)cc2)CC1. The second kappa shape index (κ2) is 12.2. The lowest BCUT2D eigenvalue weighted by atomic mass is 9.87. The molecule has 0 radical (unpaired) electrons. The maximum Gasteiger partial charge on any atom is 0.308 e. The minimum absolute atomic E-state index is 0.0219. The molecular weight excluding hydrogens is 418 g/mol. The number of aryl methyl sites for hydroxylation is 1. The molecule has 0 saturated heterocycles. The molecule has 3 rings (SSSR count). The summed E-state index contributed by atoms with van der Waals surface area (Å²) in [5.41, 5.74) is 2.30. The predicted octanol–water partition coefficient (Wildman–Crippen LogP) is 4.89. The molecule has 33 heavy (non-hydrogen) atoms. The quantitative estimate of drug-likeness (QED) is 0.316. The Morgan fingerprint density at radius 2 is 1.70 bits per heavy atom. The highest BCUT2D eigenvalue weighted by Crippen LogP contribution is 2.28. The molecule has 0 aliphatic heterocycles. The smallest absolute Gasteiger partial charge is 0.308 e. The molecule has 1 saturated carbocycles. The van der Waals surface area contributed by atoms with Gasteiger partial charge in [0.25, 0.3) is 5.91 Å². The van der Waals surface area contributed by atoms with Crippen molar-refractivity contribution in [2.24, 2.45) is 5.92 Å². The average Bonchev–Trinajstić information content (AvgIpc) is 2.82. The maximum atomic E-state index is 12.5. The fraction of sp³-hybridized carbons (Fsp3) is 0.444. The first-order chi connectivity index (χ1) is 16.0. The Kier molecular flexibility index (Phi) is 9.04. The number of ketones is 1. The number of carbonyl (C=O) groups excluding carboxylic acids is 3. The minimum Gasteiger partial charge on any atom is -0.490 e. The van der Waals surface area contributed by atoms with E-state index in [1.807, 2.05) is 44.2 Å². The number of rotatable bonds is 10. The zero-order chi connectivity index (χ0) is 23.6. The number of benzene rings is 2. The van der Waals surface area contributed by atoms with Crippen molar-refractivity contribution in [3.05, 3.63) is 65.2 Å². The van der Waals surface area contributed by atoms with Gasteiger partial charge < -0.3 is 14.8 Å². The summed E-state index contributed by atoms with van der Waals surface area (Å²) in [5.74, 6) is 0.529. The van der Waals surface area contributed by atoms with E-state index in [0.717, 1.165) is 37.0 Å². The summed E-state index contributed by atoms with van der Waals surface area (Å²) in [5, 5.41) is 2.86. The number of hydrogen-bond acceptors (Lipinski definition) is 5. The zero-order valence-corrected chi connectivity index (χ0v) is 19.5. The number of esters is 1. The van der Waals surface area contributed by atoms with E-state index < -0.39 is 0 Å². The molecule has 0 atom stereocenters. The van der Waals surface area contributed by atoms with E-state index in [1.165, 1.54) is 0 Å². The van der Waals surface area contributed by atoms with Crippen molar-refractivity contribution < 1.29 is 23.9 Å². The largest absolute Gasteiger partial charge is 0.490 e. The van der Waals surface area contributed by atoms with Crippen LogP contribution in [0, 0.1) is 12.8 Å². The van der Waals surface area contributed by atoms with Gasteiger partial charge >= 0.3 is 5.97 Å². The van der Waals surface area contributed by atoms with Crippen molar-refractivity contribution in [1.82, 2.24) is 5.32 Å². The molecule has 0 unspecified atom stereocenters. The van der Waals surface area contributed by atoms with Crippen molar-refractivity contribution in [3.8, 4) is 5.75 Å². The highest BCUT2D eigenvalue weighted by molar-refractivity contribution is 5.96. The summed E-state index contributed by atoms with van der Waals surface area (Å²) in [6.07, 6.45) is 4.22. The van der Waals surface area contributed by atoms with Crippen LogP contribution in [0.2, 0.25) is 0 Å². The third kappa shape index (κ3) is 7.45. The lowest BCUT2D eigenvalue weighted by Crippen LogP contribution is -2.29. The predicted molar refractivity (Wildman–Crippen MR) is 127 cm³/mol. The normalized spacial score (nSPS) is 17.8. The van der Waals surface area contributed by atoms with Gasteiger partial charge in [-0.1, -0.05) is 17.7 Å². The summed E-state index contributed by atoms with van der Waals surface area (Å²) in [6, 6.07) is 14.6. The topological polar surface area (TPSA) is 81.7 Å². The molecule has 0 heterocycles. The van der Waals surface area contributed by atoms with Gasteiger partial charge in [-0.15, -0.1) is 0 Å². The fourth-order valence-corrected chi connectivity index (χ4v) is 4.07. The summed E-state index contributed by atoms with van der Waals surface area (Å²) in [7, 11) is 0. The summed E-state index contributed by atoms with van der Waals surface area (Å²) in [6.45, 7) is 4.64. The number of nitrogens with one attached hydrogen (secondary N) is 1. The number of Topliss-reactive ketones (excluding diaryl/α,β-unsaturated/α-hetero) is 1. The Hall–Kier alpha value is -3.15. The van der Waals surface area contributed by atoms with Gasteiger partial charge in [0.2, 0.25) is 0 Å². The molecule has 0 spiro atoms. The molecule has 1 amide bonds. The van der Waals surface area contributed by atoms with Gasteiger partial charge in [0, 0.05) is 24.1 Å². The van der Waals surface area contributed by atoms with E-state index in [1.54, 1.807) is 18.2 Å². The molecule has 1 fully saturated rings. The van der Waals surface area contributed by atoms with Crippen LogP contribution in [0.25, 0.3) is 0 Å². The Morgan fingerprint density at radius 3 is 2.36 bits per heavy atom. The molecule has 2 aromatic carbocycles. The Balaban J connectivity index is 1.37. The van der Waals surface area contributed by atoms with Crippen LogP contribution >= 0.6 is 0 Å². The molecule has 1 aliphatic carbocycles. The van der Waals surface area contributed by atoms with Gasteiger partial charge in [0.15, 0.2) is 5.78 Å². The molecule has 2 aromatic rings. The first-order valence-corrected chi connectivity index (χ1v) is 11.8. The fourth-order valence-electron chi connectivity index (χ4n) is 4.07. The number of hydrogen-bond donors (Lipinski definition) is 1. The van der Waals surface area contributed by atoms with Crippen LogP contribution in [0.5, 0.6) is 5.75 Å². The first kappa shape index (κ1) is 24.5. The molecule has 176 valence electrons. The highest BCUT2D eigenvalue weighted by Gasteiger charge is 2.28. The average molecular weight is 452 g/mol. The van der Waals surface area contributed by atoms with Crippen LogP contribution in [0.15, 0.2) is 48.5 Å². The number of carbonyl (C=O) groups is 3. The monoisotopic (exact) mass is 451 g/mol. The summed E-state index contributed by atoms with van der Waals surface area (Å²) < 4.78 is 11.2. The number of ether oxygens (including phenoxy) is 2. The van der Waals surface area contributed by atoms with Crippen LogP contribution in [0.3, 0.4) is 0 Å². The van der Waals surface area contributed by atoms with Crippen LogP contribution < -0.4 is 10.1 Å². The van der Waals surface area contributed by atoms with Gasteiger partial charge in [-0.2, -0.15) is 0 Å². The second-order valence-electron chi connectivity index (χ2n) is 8.52. The van der Waals surface area contributed by atoms with Crippen molar-refractivity contribution in [3.63, 3.8) is 0 Å². The zero-order valence-electron chi connectivity index (χ0n) is 19.5. The van der Waals surface area contributed by atoms with Gasteiger partial charge in [-0.3, -0.25) is 14.4 Å². The van der Waals surface area contributed by atoms with Gasteiger partial charge in [0.05, 0.1) is 18.6 Å². The van der Waals surface area contributed by atoms with Crippen LogP contribution in [-0.2, 0) is 9.53 Å². The first-order valence-electron chi connectivity index (χ1n) is 11.8. The van der Waals surface area contributed by atoms with Gasteiger partial charge in [0.1, 0.15) is 5.75 Å².